The zero-order chi connectivity index (χ0) is 21.3. The highest BCUT2D eigenvalue weighted by molar-refractivity contribution is 8.18. The number of rotatable bonds is 5. The molecule has 1 fully saturated rings. The van der Waals surface area contributed by atoms with Crippen LogP contribution in [0, 0.1) is 0 Å². The van der Waals surface area contributed by atoms with E-state index in [1.165, 1.54) is 23.1 Å². The zero-order valence-electron chi connectivity index (χ0n) is 15.5. The molecule has 4 rings (SSSR count). The minimum absolute atomic E-state index is 0.00474. The monoisotopic (exact) mass is 440 g/mol. The molecule has 1 aliphatic rings. The molecular formula is C21H16N2O5S2. The molecule has 1 aliphatic heterocycles. The lowest BCUT2D eigenvalue weighted by molar-refractivity contribution is -0.123. The summed E-state index contributed by atoms with van der Waals surface area (Å²) in [5.74, 6) is 0.528. The number of nitrogens with zero attached hydrogens (tertiary/aromatic N) is 1. The third-order valence-electron chi connectivity index (χ3n) is 4.42. The van der Waals surface area contributed by atoms with E-state index in [-0.39, 0.29) is 27.5 Å². The van der Waals surface area contributed by atoms with Gasteiger partial charge in [0.1, 0.15) is 11.5 Å². The predicted octanol–water partition coefficient (Wildman–Crippen LogP) is 3.83. The van der Waals surface area contributed by atoms with Crippen molar-refractivity contribution >= 4 is 39.0 Å². The van der Waals surface area contributed by atoms with Gasteiger partial charge in [-0.2, -0.15) is 0 Å². The zero-order valence-corrected chi connectivity index (χ0v) is 17.2. The maximum absolute atomic E-state index is 12.6. The van der Waals surface area contributed by atoms with E-state index in [2.05, 4.69) is 0 Å². The Morgan fingerprint density at radius 1 is 0.967 bits per heavy atom. The Bertz CT molecular complexity index is 1250. The van der Waals surface area contributed by atoms with E-state index in [4.69, 9.17) is 9.56 Å². The number of nitrogens with two attached hydrogens (primary N) is 1. The first-order chi connectivity index (χ1) is 14.3. The summed E-state index contributed by atoms with van der Waals surface area (Å²) in [4.78, 5) is 26.4. The molecule has 0 atom stereocenters. The number of primary sulfonamides is 1. The molecule has 30 heavy (non-hydrogen) atoms. The molecule has 0 saturated carbocycles. The summed E-state index contributed by atoms with van der Waals surface area (Å²) in [5, 5.41) is 4.77. The molecule has 7 nitrogen and oxygen atoms in total. The van der Waals surface area contributed by atoms with Crippen molar-refractivity contribution in [2.24, 2.45) is 5.14 Å². The van der Waals surface area contributed by atoms with Crippen molar-refractivity contribution < 1.29 is 22.4 Å². The molecule has 2 N–H and O–H groups in total. The molecule has 152 valence electrons. The van der Waals surface area contributed by atoms with Crippen LogP contribution in [0.4, 0.5) is 4.79 Å². The van der Waals surface area contributed by atoms with Crippen LogP contribution in [0.25, 0.3) is 17.4 Å². The summed E-state index contributed by atoms with van der Waals surface area (Å²) in [6.45, 7) is 0.211. The third kappa shape index (κ3) is 4.23. The third-order valence-corrected chi connectivity index (χ3v) is 6.26. The first-order valence-electron chi connectivity index (χ1n) is 8.83. The Hall–Kier alpha value is -3.14. The van der Waals surface area contributed by atoms with Gasteiger partial charge >= 0.3 is 0 Å². The quantitative estimate of drug-likeness (QED) is 0.604. The lowest BCUT2D eigenvalue weighted by Crippen LogP contribution is -2.27. The van der Waals surface area contributed by atoms with Crippen LogP contribution in [0.1, 0.15) is 11.3 Å². The van der Waals surface area contributed by atoms with Gasteiger partial charge in [-0.1, -0.05) is 30.3 Å². The minimum atomic E-state index is -3.77. The van der Waals surface area contributed by atoms with Gasteiger partial charge in [0.05, 0.1) is 16.3 Å². The fourth-order valence-electron chi connectivity index (χ4n) is 2.93. The largest absolute Gasteiger partial charge is 0.457 e. The van der Waals surface area contributed by atoms with E-state index in [1.54, 1.807) is 24.3 Å². The highest BCUT2D eigenvalue weighted by atomic mass is 32.2. The highest BCUT2D eigenvalue weighted by Crippen LogP contribution is 2.34. The number of carbonyl (C=O) groups excluding carboxylic acids is 2. The summed E-state index contributed by atoms with van der Waals surface area (Å²) >= 11 is 0.864. The van der Waals surface area contributed by atoms with Crippen molar-refractivity contribution in [2.45, 2.75) is 11.4 Å². The summed E-state index contributed by atoms with van der Waals surface area (Å²) in [6.07, 6.45) is 1.53. The van der Waals surface area contributed by atoms with Crippen molar-refractivity contribution in [2.75, 3.05) is 0 Å². The van der Waals surface area contributed by atoms with Crippen molar-refractivity contribution in [1.82, 2.24) is 4.90 Å². The molecule has 2 aromatic carbocycles. The summed E-state index contributed by atoms with van der Waals surface area (Å²) in [7, 11) is -3.77. The van der Waals surface area contributed by atoms with Gasteiger partial charge in [0, 0.05) is 11.6 Å². The molecule has 9 heteroatoms. The number of thioether (sulfide) groups is 1. The SMILES string of the molecule is NS(=O)(=O)c1ccc(-c2ccc(/C=C3\SC(=O)N(Cc4ccccc4)C3=O)o2)cc1. The number of hydrogen-bond donors (Lipinski definition) is 1. The van der Waals surface area contributed by atoms with Gasteiger partial charge in [0.2, 0.25) is 10.0 Å². The lowest BCUT2D eigenvalue weighted by Gasteiger charge is -2.11. The molecule has 0 radical (unpaired) electrons. The Labute approximate surface area is 177 Å². The smallest absolute Gasteiger partial charge is 0.293 e. The summed E-state index contributed by atoms with van der Waals surface area (Å²) in [5.41, 5.74) is 1.52. The van der Waals surface area contributed by atoms with E-state index in [0.29, 0.717) is 17.1 Å². The molecule has 2 amide bonds. The molecule has 3 aromatic rings. The fourth-order valence-corrected chi connectivity index (χ4v) is 4.26. The van der Waals surface area contributed by atoms with Crippen molar-refractivity contribution in [3.63, 3.8) is 0 Å². The maximum atomic E-state index is 12.6. The van der Waals surface area contributed by atoms with Gasteiger partial charge in [-0.05, 0) is 53.7 Å². The van der Waals surface area contributed by atoms with Crippen molar-refractivity contribution in [3.05, 3.63) is 83.0 Å². The Morgan fingerprint density at radius 2 is 1.67 bits per heavy atom. The van der Waals surface area contributed by atoms with Crippen LogP contribution in [-0.4, -0.2) is 24.5 Å². The summed E-state index contributed by atoms with van der Waals surface area (Å²) in [6, 6.07) is 18.6. The van der Waals surface area contributed by atoms with Crippen molar-refractivity contribution in [3.8, 4) is 11.3 Å². The van der Waals surface area contributed by atoms with Gasteiger partial charge in [-0.25, -0.2) is 13.6 Å². The molecule has 1 saturated heterocycles. The second-order valence-electron chi connectivity index (χ2n) is 6.52. The number of imide groups is 1. The second-order valence-corrected chi connectivity index (χ2v) is 9.08. The normalized spacial score (nSPS) is 15.9. The predicted molar refractivity (Wildman–Crippen MR) is 113 cm³/mol. The standard InChI is InChI=1S/C21H16N2O5S2/c22-30(26,27)17-9-6-15(7-10-17)18-11-8-16(28-18)12-19-20(24)23(21(25)29-19)13-14-4-2-1-3-5-14/h1-12H,13H2,(H2,22,26,27)/b19-12-. The molecule has 2 heterocycles. The molecule has 1 aromatic heterocycles. The number of carbonyl (C=O) groups is 2. The van der Waals surface area contributed by atoms with Crippen LogP contribution in [-0.2, 0) is 21.4 Å². The van der Waals surface area contributed by atoms with Crippen LogP contribution in [0.3, 0.4) is 0 Å². The molecule has 0 bridgehead atoms. The van der Waals surface area contributed by atoms with E-state index < -0.39 is 10.0 Å². The lowest BCUT2D eigenvalue weighted by atomic mass is 10.2. The molecule has 0 spiro atoms. The van der Waals surface area contributed by atoms with Crippen LogP contribution in [0.2, 0.25) is 0 Å². The number of benzene rings is 2. The van der Waals surface area contributed by atoms with Gasteiger partial charge in [0.15, 0.2) is 0 Å². The maximum Gasteiger partial charge on any atom is 0.293 e. The van der Waals surface area contributed by atoms with E-state index in [1.807, 2.05) is 30.3 Å². The van der Waals surface area contributed by atoms with Crippen LogP contribution >= 0.6 is 11.8 Å². The minimum Gasteiger partial charge on any atom is -0.457 e. The van der Waals surface area contributed by atoms with Gasteiger partial charge < -0.3 is 4.42 Å². The Balaban J connectivity index is 1.53. The summed E-state index contributed by atoms with van der Waals surface area (Å²) < 4.78 is 28.5. The molecule has 0 unspecified atom stereocenters. The first-order valence-corrected chi connectivity index (χ1v) is 11.2. The number of sulfonamides is 1. The average Bonchev–Trinajstić information content (AvgIpc) is 3.29. The second kappa shape index (κ2) is 7.94. The van der Waals surface area contributed by atoms with E-state index >= 15 is 0 Å². The molecule has 0 aliphatic carbocycles. The Morgan fingerprint density at radius 3 is 2.33 bits per heavy atom. The van der Waals surface area contributed by atoms with Gasteiger partial charge in [0.25, 0.3) is 11.1 Å². The van der Waals surface area contributed by atoms with Crippen LogP contribution < -0.4 is 5.14 Å². The van der Waals surface area contributed by atoms with E-state index in [0.717, 1.165) is 17.3 Å². The van der Waals surface area contributed by atoms with Gasteiger partial charge in [-0.15, -0.1) is 0 Å². The first kappa shape index (κ1) is 20.1. The number of furan rings is 1. The van der Waals surface area contributed by atoms with Crippen LogP contribution in [0.5, 0.6) is 0 Å². The number of amides is 2. The average molecular weight is 441 g/mol. The van der Waals surface area contributed by atoms with E-state index in [9.17, 15) is 18.0 Å². The number of hydrogen-bond acceptors (Lipinski definition) is 6. The van der Waals surface area contributed by atoms with Crippen LogP contribution in [0.15, 0.2) is 80.9 Å². The topological polar surface area (TPSA) is 111 Å². The Kier molecular flexibility index (Phi) is 5.33. The van der Waals surface area contributed by atoms with Gasteiger partial charge in [-0.3, -0.25) is 14.5 Å². The highest BCUT2D eigenvalue weighted by Gasteiger charge is 2.35. The fraction of sp³-hybridized carbons (Fsp3) is 0.0476. The van der Waals surface area contributed by atoms with Crippen molar-refractivity contribution in [1.29, 1.82) is 0 Å². The molecular weight excluding hydrogens is 424 g/mol.